The van der Waals surface area contributed by atoms with Crippen LogP contribution in [-0.4, -0.2) is 28.0 Å². The summed E-state index contributed by atoms with van der Waals surface area (Å²) in [6, 6.07) is 0. The molecule has 7 heteroatoms. The van der Waals surface area contributed by atoms with E-state index < -0.39 is 0 Å². The molecule has 0 saturated heterocycles. The second-order valence-corrected chi connectivity index (χ2v) is 3.60. The second-order valence-electron chi connectivity index (χ2n) is 2.80. The van der Waals surface area contributed by atoms with E-state index in [-0.39, 0.29) is 29.6 Å². The van der Waals surface area contributed by atoms with Crippen LogP contribution in [-0.2, 0) is 0 Å². The zero-order chi connectivity index (χ0) is 11.3. The molecule has 0 atom stereocenters. The van der Waals surface area contributed by atoms with Crippen molar-refractivity contribution in [1.82, 2.24) is 15.0 Å². The molecule has 1 aromatic rings. The number of nitrogens with zero attached hydrogens (tertiary/aromatic N) is 2. The predicted molar refractivity (Wildman–Crippen MR) is 67.2 cm³/mol. The molecule has 0 bridgehead atoms. The molecular weight excluding hydrogens is 251 g/mol. The van der Waals surface area contributed by atoms with Gasteiger partial charge in [-0.05, 0) is 24.4 Å². The monoisotopic (exact) mass is 263 g/mol. The van der Waals surface area contributed by atoms with Crippen LogP contribution in [0.15, 0.2) is 25.3 Å². The van der Waals surface area contributed by atoms with E-state index in [1.54, 1.807) is 12.2 Å². The summed E-state index contributed by atoms with van der Waals surface area (Å²) >= 11 is 9.92. The van der Waals surface area contributed by atoms with Crippen molar-refractivity contribution in [2.75, 3.05) is 18.0 Å². The molecule has 0 aliphatic carbocycles. The largest absolute Gasteiger partial charge is 1.00 e. The summed E-state index contributed by atoms with van der Waals surface area (Å²) < 4.78 is 0.829. The zero-order valence-corrected chi connectivity index (χ0v) is 12.8. The third-order valence-corrected chi connectivity index (χ3v) is 2.05. The zero-order valence-electron chi connectivity index (χ0n) is 9.19. The van der Waals surface area contributed by atoms with E-state index >= 15 is 0 Å². The molecule has 1 aromatic heterocycles. The Morgan fingerprint density at radius 3 is 2.19 bits per heavy atom. The molecule has 0 amide bonds. The first-order chi connectivity index (χ1) is 7.17. The maximum atomic E-state index is 4.98. The van der Waals surface area contributed by atoms with Crippen LogP contribution in [0, 0.1) is 9.54 Å². The van der Waals surface area contributed by atoms with Gasteiger partial charge in [-0.1, -0.05) is 12.2 Å². The van der Waals surface area contributed by atoms with E-state index in [1.807, 2.05) is 4.90 Å². The summed E-state index contributed by atoms with van der Waals surface area (Å²) in [5, 5.41) is 0. The van der Waals surface area contributed by atoms with E-state index in [0.717, 1.165) is 0 Å². The Kier molecular flexibility index (Phi) is 7.78. The van der Waals surface area contributed by atoms with Gasteiger partial charge in [0, 0.05) is 13.1 Å². The standard InChI is InChI=1S/C9H12N4S2.Na/c1-3-5-13(6-4-2)7-10-8(14)12-9(15)11-7;/h3-4H,1-2,5-6H2,(H2,10,11,12,14,15);/q;+1. The van der Waals surface area contributed by atoms with Gasteiger partial charge in [-0.2, -0.15) is 4.98 Å². The molecule has 0 radical (unpaired) electrons. The normalized spacial score (nSPS) is 9.00. The summed E-state index contributed by atoms with van der Waals surface area (Å²) in [5.74, 6) is 0.628. The predicted octanol–water partition coefficient (Wildman–Crippen LogP) is -0.621. The molecule has 16 heavy (non-hydrogen) atoms. The van der Waals surface area contributed by atoms with E-state index in [1.165, 1.54) is 0 Å². The van der Waals surface area contributed by atoms with Gasteiger partial charge in [0.2, 0.25) is 10.7 Å². The van der Waals surface area contributed by atoms with Crippen molar-refractivity contribution in [2.45, 2.75) is 0 Å². The molecule has 1 heterocycles. The van der Waals surface area contributed by atoms with Crippen LogP contribution >= 0.6 is 24.4 Å². The van der Waals surface area contributed by atoms with Crippen LogP contribution in [0.25, 0.3) is 0 Å². The SMILES string of the molecule is C=CCN(CC=C)c1nc(=S)[nH]c(=S)[nH]1.[Na+]. The molecule has 0 spiro atoms. The fourth-order valence-corrected chi connectivity index (χ4v) is 1.53. The number of rotatable bonds is 5. The number of aromatic nitrogens is 3. The average Bonchev–Trinajstić information content (AvgIpc) is 2.16. The molecule has 0 unspecified atom stereocenters. The Hall–Kier alpha value is -0.270. The molecule has 2 N–H and O–H groups in total. The Bertz CT molecular complexity index is 427. The minimum atomic E-state index is 0. The number of nitrogens with one attached hydrogen (secondary N) is 2. The topological polar surface area (TPSA) is 47.7 Å². The molecule has 80 valence electrons. The van der Waals surface area contributed by atoms with Gasteiger partial charge in [0.15, 0.2) is 4.77 Å². The Balaban J connectivity index is 0.00000225. The van der Waals surface area contributed by atoms with Gasteiger partial charge < -0.3 is 14.9 Å². The molecule has 0 saturated carbocycles. The van der Waals surface area contributed by atoms with E-state index in [2.05, 4.69) is 28.1 Å². The van der Waals surface area contributed by atoms with Crippen molar-refractivity contribution in [2.24, 2.45) is 0 Å². The van der Waals surface area contributed by atoms with Crippen LogP contribution in [0.1, 0.15) is 0 Å². The fraction of sp³-hybridized carbons (Fsp3) is 0.222. The van der Waals surface area contributed by atoms with Gasteiger partial charge in [-0.25, -0.2) is 0 Å². The molecule has 4 nitrogen and oxygen atoms in total. The fourth-order valence-electron chi connectivity index (χ4n) is 1.09. The molecule has 0 aliphatic heterocycles. The van der Waals surface area contributed by atoms with Crippen molar-refractivity contribution < 1.29 is 29.6 Å². The average molecular weight is 263 g/mol. The minimum absolute atomic E-state index is 0. The molecule has 0 fully saturated rings. The van der Waals surface area contributed by atoms with Crippen molar-refractivity contribution in [3.63, 3.8) is 0 Å². The molecular formula is C9H12N4NaS2+. The summed E-state index contributed by atoms with van der Waals surface area (Å²) in [6.45, 7) is 8.66. The first-order valence-electron chi connectivity index (χ1n) is 4.34. The van der Waals surface area contributed by atoms with Crippen molar-refractivity contribution >= 4 is 30.4 Å². The van der Waals surface area contributed by atoms with Gasteiger partial charge in [-0.15, -0.1) is 13.2 Å². The second kappa shape index (κ2) is 7.92. The van der Waals surface area contributed by atoms with Gasteiger partial charge in [-0.3, -0.25) is 0 Å². The van der Waals surface area contributed by atoms with Crippen molar-refractivity contribution in [1.29, 1.82) is 0 Å². The molecule has 1 rings (SSSR count). The summed E-state index contributed by atoms with van der Waals surface area (Å²) in [5.41, 5.74) is 0. The number of H-pyrrole nitrogens is 2. The summed E-state index contributed by atoms with van der Waals surface area (Å²) in [6.07, 6.45) is 3.56. The van der Waals surface area contributed by atoms with Crippen LogP contribution in [0.4, 0.5) is 5.95 Å². The number of hydrogen-bond acceptors (Lipinski definition) is 4. The van der Waals surface area contributed by atoms with Gasteiger partial charge in [0.25, 0.3) is 0 Å². The maximum Gasteiger partial charge on any atom is 1.00 e. The summed E-state index contributed by atoms with van der Waals surface area (Å²) in [7, 11) is 0. The van der Waals surface area contributed by atoms with Crippen LogP contribution < -0.4 is 34.5 Å². The Labute approximate surface area is 127 Å². The van der Waals surface area contributed by atoms with Crippen LogP contribution in [0.2, 0.25) is 0 Å². The number of aromatic amines is 2. The number of hydrogen-bond donors (Lipinski definition) is 2. The maximum absolute atomic E-state index is 4.98. The first-order valence-corrected chi connectivity index (χ1v) is 5.16. The first kappa shape index (κ1) is 15.7. The third kappa shape index (κ3) is 4.71. The van der Waals surface area contributed by atoms with E-state index in [0.29, 0.717) is 28.6 Å². The van der Waals surface area contributed by atoms with Gasteiger partial charge in [0.05, 0.1) is 0 Å². The quantitative estimate of drug-likeness (QED) is 0.422. The van der Waals surface area contributed by atoms with Crippen LogP contribution in [0.5, 0.6) is 0 Å². The van der Waals surface area contributed by atoms with E-state index in [9.17, 15) is 0 Å². The molecule has 0 aromatic carbocycles. The van der Waals surface area contributed by atoms with E-state index in [4.69, 9.17) is 24.4 Å². The third-order valence-electron chi connectivity index (χ3n) is 1.65. The Morgan fingerprint density at radius 1 is 1.19 bits per heavy atom. The minimum Gasteiger partial charge on any atom is -0.335 e. The Morgan fingerprint density at radius 2 is 1.75 bits per heavy atom. The van der Waals surface area contributed by atoms with Gasteiger partial charge in [0.1, 0.15) is 0 Å². The number of anilines is 1. The van der Waals surface area contributed by atoms with Crippen molar-refractivity contribution in [3.8, 4) is 0 Å². The van der Waals surface area contributed by atoms with Gasteiger partial charge >= 0.3 is 29.6 Å². The van der Waals surface area contributed by atoms with Crippen LogP contribution in [0.3, 0.4) is 0 Å². The smallest absolute Gasteiger partial charge is 0.335 e. The molecule has 0 aliphatic rings. The van der Waals surface area contributed by atoms with Crippen molar-refractivity contribution in [3.05, 3.63) is 34.9 Å². The summed E-state index contributed by atoms with van der Waals surface area (Å²) in [4.78, 5) is 11.7.